The first-order valence-electron chi connectivity index (χ1n) is 7.19. The lowest BCUT2D eigenvalue weighted by Gasteiger charge is -2.33. The van der Waals surface area contributed by atoms with E-state index in [1.54, 1.807) is 32.7 Å². The second-order valence-corrected chi connectivity index (χ2v) is 6.26. The van der Waals surface area contributed by atoms with E-state index in [9.17, 15) is 9.59 Å². The normalized spacial score (nSPS) is 15.2. The first kappa shape index (κ1) is 14.8. The molecular weight excluding hydrogens is 300 g/mol. The summed E-state index contributed by atoms with van der Waals surface area (Å²) >= 11 is 1.62. The van der Waals surface area contributed by atoms with Gasteiger partial charge in [0.05, 0.1) is 10.6 Å². The van der Waals surface area contributed by atoms with Gasteiger partial charge in [-0.25, -0.2) is 0 Å². The Kier molecular flexibility index (Phi) is 3.98. The number of thiophene rings is 1. The zero-order valence-corrected chi connectivity index (χ0v) is 13.5. The lowest BCUT2D eigenvalue weighted by Crippen LogP contribution is -2.50. The molecule has 0 bridgehead atoms. The fourth-order valence-corrected chi connectivity index (χ4v) is 3.39. The fourth-order valence-electron chi connectivity index (χ4n) is 2.61. The van der Waals surface area contributed by atoms with E-state index in [1.807, 2.05) is 30.6 Å². The lowest BCUT2D eigenvalue weighted by atomic mass is 10.2. The number of piperazine rings is 1. The molecule has 0 N–H and O–H groups in total. The summed E-state index contributed by atoms with van der Waals surface area (Å²) in [4.78, 5) is 28.5. The second kappa shape index (κ2) is 5.92. The average molecular weight is 318 g/mol. The molecule has 7 heteroatoms. The van der Waals surface area contributed by atoms with Crippen LogP contribution in [-0.4, -0.2) is 57.6 Å². The molecule has 0 unspecified atom stereocenters. The van der Waals surface area contributed by atoms with Gasteiger partial charge in [0.15, 0.2) is 5.69 Å². The van der Waals surface area contributed by atoms with Crippen molar-refractivity contribution in [1.82, 2.24) is 19.6 Å². The van der Waals surface area contributed by atoms with Crippen LogP contribution in [0.25, 0.3) is 10.6 Å². The standard InChI is InChI=1S/C15H18N4O2S/c1-11(20)18-5-7-19(8-6-18)15(21)12-10-13(17(2)16-12)14-4-3-9-22-14/h3-4,9-10H,5-8H2,1-2H3. The van der Waals surface area contributed by atoms with E-state index in [0.29, 0.717) is 31.9 Å². The molecule has 6 nitrogen and oxygen atoms in total. The quantitative estimate of drug-likeness (QED) is 0.842. The minimum Gasteiger partial charge on any atom is -0.339 e. The van der Waals surface area contributed by atoms with Crippen molar-refractivity contribution in [1.29, 1.82) is 0 Å². The fraction of sp³-hybridized carbons (Fsp3) is 0.400. The first-order valence-corrected chi connectivity index (χ1v) is 8.07. The maximum atomic E-state index is 12.6. The molecular formula is C15H18N4O2S. The highest BCUT2D eigenvalue weighted by atomic mass is 32.1. The minimum absolute atomic E-state index is 0.0601. The molecule has 0 aromatic carbocycles. The Hall–Kier alpha value is -2.15. The summed E-state index contributed by atoms with van der Waals surface area (Å²) in [5.74, 6) is -0.00785. The lowest BCUT2D eigenvalue weighted by molar-refractivity contribution is -0.130. The van der Waals surface area contributed by atoms with Gasteiger partial charge in [0, 0.05) is 40.2 Å². The zero-order valence-electron chi connectivity index (χ0n) is 12.7. The first-order chi connectivity index (χ1) is 10.6. The van der Waals surface area contributed by atoms with Crippen LogP contribution in [0.1, 0.15) is 17.4 Å². The Bertz CT molecular complexity index is 684. The van der Waals surface area contributed by atoms with Crippen molar-refractivity contribution < 1.29 is 9.59 Å². The Labute approximate surface area is 132 Å². The van der Waals surface area contributed by atoms with Gasteiger partial charge in [-0.2, -0.15) is 5.10 Å². The smallest absolute Gasteiger partial charge is 0.274 e. The van der Waals surface area contributed by atoms with Gasteiger partial charge < -0.3 is 9.80 Å². The highest BCUT2D eigenvalue weighted by Gasteiger charge is 2.25. The zero-order chi connectivity index (χ0) is 15.7. The van der Waals surface area contributed by atoms with Crippen LogP contribution in [0, 0.1) is 0 Å². The van der Waals surface area contributed by atoms with Crippen LogP contribution >= 0.6 is 11.3 Å². The number of aryl methyl sites for hydroxylation is 1. The van der Waals surface area contributed by atoms with E-state index in [1.165, 1.54) is 0 Å². The molecule has 22 heavy (non-hydrogen) atoms. The predicted octanol–water partition coefficient (Wildman–Crippen LogP) is 1.45. The molecule has 1 aliphatic rings. The van der Waals surface area contributed by atoms with E-state index >= 15 is 0 Å². The monoisotopic (exact) mass is 318 g/mol. The number of hydrogen-bond donors (Lipinski definition) is 0. The van der Waals surface area contributed by atoms with E-state index in [-0.39, 0.29) is 11.8 Å². The predicted molar refractivity (Wildman–Crippen MR) is 84.7 cm³/mol. The van der Waals surface area contributed by atoms with Gasteiger partial charge >= 0.3 is 0 Å². The minimum atomic E-state index is -0.0680. The van der Waals surface area contributed by atoms with Crippen LogP contribution in [0.4, 0.5) is 0 Å². The van der Waals surface area contributed by atoms with Gasteiger partial charge in [0.1, 0.15) is 0 Å². The number of amides is 2. The summed E-state index contributed by atoms with van der Waals surface area (Å²) in [6.45, 7) is 3.85. The largest absolute Gasteiger partial charge is 0.339 e. The maximum absolute atomic E-state index is 12.6. The highest BCUT2D eigenvalue weighted by Crippen LogP contribution is 2.25. The van der Waals surface area contributed by atoms with Crippen molar-refractivity contribution >= 4 is 23.2 Å². The van der Waals surface area contributed by atoms with Gasteiger partial charge in [-0.3, -0.25) is 14.3 Å². The third kappa shape index (κ3) is 2.76. The summed E-state index contributed by atoms with van der Waals surface area (Å²) in [5, 5.41) is 6.35. The molecule has 0 spiro atoms. The number of aromatic nitrogens is 2. The van der Waals surface area contributed by atoms with Crippen molar-refractivity contribution in [2.75, 3.05) is 26.2 Å². The second-order valence-electron chi connectivity index (χ2n) is 5.31. The van der Waals surface area contributed by atoms with Gasteiger partial charge in [-0.05, 0) is 17.5 Å². The molecule has 0 aliphatic carbocycles. The summed E-state index contributed by atoms with van der Waals surface area (Å²) in [5.41, 5.74) is 1.41. The molecule has 3 heterocycles. The molecule has 0 atom stereocenters. The van der Waals surface area contributed by atoms with Crippen molar-refractivity contribution in [3.63, 3.8) is 0 Å². The van der Waals surface area contributed by atoms with Crippen molar-refractivity contribution in [2.45, 2.75) is 6.92 Å². The number of carbonyl (C=O) groups excluding carboxylic acids is 2. The number of carbonyl (C=O) groups is 2. The van der Waals surface area contributed by atoms with Crippen LogP contribution in [0.5, 0.6) is 0 Å². The number of rotatable bonds is 2. The van der Waals surface area contributed by atoms with Gasteiger partial charge in [0.25, 0.3) is 5.91 Å². The van der Waals surface area contributed by atoms with Crippen LogP contribution in [0.2, 0.25) is 0 Å². The summed E-state index contributed by atoms with van der Waals surface area (Å²) in [6, 6.07) is 5.84. The maximum Gasteiger partial charge on any atom is 0.274 e. The van der Waals surface area contributed by atoms with E-state index in [4.69, 9.17) is 0 Å². The van der Waals surface area contributed by atoms with E-state index < -0.39 is 0 Å². The summed E-state index contributed by atoms with van der Waals surface area (Å²) < 4.78 is 1.74. The molecule has 1 saturated heterocycles. The third-order valence-electron chi connectivity index (χ3n) is 3.88. The van der Waals surface area contributed by atoms with Crippen LogP contribution in [0.3, 0.4) is 0 Å². The molecule has 3 rings (SSSR count). The number of hydrogen-bond acceptors (Lipinski definition) is 4. The van der Waals surface area contributed by atoms with Gasteiger partial charge in [0.2, 0.25) is 5.91 Å². The van der Waals surface area contributed by atoms with Gasteiger partial charge in [-0.1, -0.05) is 6.07 Å². The van der Waals surface area contributed by atoms with Crippen molar-refractivity contribution in [3.8, 4) is 10.6 Å². The summed E-state index contributed by atoms with van der Waals surface area (Å²) in [6.07, 6.45) is 0. The number of nitrogens with zero attached hydrogens (tertiary/aromatic N) is 4. The SMILES string of the molecule is CC(=O)N1CCN(C(=O)c2cc(-c3cccs3)n(C)n2)CC1. The van der Waals surface area contributed by atoms with Crippen molar-refractivity contribution in [3.05, 3.63) is 29.3 Å². The Morgan fingerprint density at radius 3 is 2.45 bits per heavy atom. The molecule has 2 aromatic rings. The van der Waals surface area contributed by atoms with Crippen LogP contribution in [-0.2, 0) is 11.8 Å². The molecule has 2 amide bonds. The van der Waals surface area contributed by atoms with E-state index in [0.717, 1.165) is 10.6 Å². The van der Waals surface area contributed by atoms with Crippen LogP contribution in [0.15, 0.2) is 23.6 Å². The average Bonchev–Trinajstić information content (AvgIpc) is 3.15. The Morgan fingerprint density at radius 2 is 1.86 bits per heavy atom. The van der Waals surface area contributed by atoms with E-state index in [2.05, 4.69) is 5.10 Å². The Balaban J connectivity index is 1.74. The van der Waals surface area contributed by atoms with Gasteiger partial charge in [-0.15, -0.1) is 11.3 Å². The highest BCUT2D eigenvalue weighted by molar-refractivity contribution is 7.13. The Morgan fingerprint density at radius 1 is 1.18 bits per heavy atom. The molecule has 0 radical (unpaired) electrons. The summed E-state index contributed by atoms with van der Waals surface area (Å²) in [7, 11) is 1.85. The topological polar surface area (TPSA) is 58.4 Å². The molecule has 2 aromatic heterocycles. The van der Waals surface area contributed by atoms with Crippen LogP contribution < -0.4 is 0 Å². The molecule has 0 saturated carbocycles. The molecule has 1 aliphatic heterocycles. The molecule has 1 fully saturated rings. The van der Waals surface area contributed by atoms with Crippen molar-refractivity contribution in [2.24, 2.45) is 7.05 Å². The molecule has 116 valence electrons. The third-order valence-corrected chi connectivity index (χ3v) is 4.78.